The van der Waals surface area contributed by atoms with Gasteiger partial charge in [-0.05, 0) is 24.1 Å². The van der Waals surface area contributed by atoms with Gasteiger partial charge in [0.25, 0.3) is 0 Å². The third kappa shape index (κ3) is 3.49. The lowest BCUT2D eigenvalue weighted by Gasteiger charge is -2.28. The fourth-order valence-electron chi connectivity index (χ4n) is 2.15. The maximum absolute atomic E-state index is 5.52. The van der Waals surface area contributed by atoms with Crippen molar-refractivity contribution in [2.24, 2.45) is 0 Å². The van der Waals surface area contributed by atoms with E-state index in [1.165, 1.54) is 11.1 Å². The van der Waals surface area contributed by atoms with Crippen LogP contribution in [0.1, 0.15) is 51.7 Å². The maximum atomic E-state index is 5.52. The van der Waals surface area contributed by atoms with Gasteiger partial charge in [-0.3, -0.25) is 0 Å². The molecule has 0 aromatic heterocycles. The molecule has 1 aromatic carbocycles. The van der Waals surface area contributed by atoms with Crippen LogP contribution in [0.15, 0.2) is 18.2 Å². The molecule has 2 heteroatoms. The molecule has 0 heterocycles. The maximum Gasteiger partial charge on any atom is 0.122 e. The summed E-state index contributed by atoms with van der Waals surface area (Å²) in [5.74, 6) is 1.53. The number of benzene rings is 1. The van der Waals surface area contributed by atoms with Crippen molar-refractivity contribution in [2.45, 2.75) is 46.0 Å². The zero-order valence-electron chi connectivity index (χ0n) is 12.6. The lowest BCUT2D eigenvalue weighted by atomic mass is 9.82. The van der Waals surface area contributed by atoms with Crippen LogP contribution in [0.25, 0.3) is 0 Å². The molecule has 0 aliphatic carbocycles. The standard InChI is InChI=1S/C16H27NO/c1-7-17-11-16(4,5)14-10-13(12(2)3)8-9-15(14)18-6/h8-10,12,17H,7,11H2,1-6H3. The van der Waals surface area contributed by atoms with E-state index in [4.69, 9.17) is 4.74 Å². The number of nitrogens with one attached hydrogen (secondary N) is 1. The average molecular weight is 249 g/mol. The second-order valence-electron chi connectivity index (χ2n) is 5.78. The minimum atomic E-state index is 0.0756. The molecule has 0 radical (unpaired) electrons. The zero-order valence-corrected chi connectivity index (χ0v) is 12.6. The average Bonchev–Trinajstić information content (AvgIpc) is 2.35. The first-order valence-corrected chi connectivity index (χ1v) is 6.81. The smallest absolute Gasteiger partial charge is 0.122 e. The van der Waals surface area contributed by atoms with Gasteiger partial charge in [0.15, 0.2) is 0 Å². The van der Waals surface area contributed by atoms with E-state index in [0.29, 0.717) is 5.92 Å². The summed E-state index contributed by atoms with van der Waals surface area (Å²) in [7, 11) is 1.75. The molecule has 0 saturated carbocycles. The lowest BCUT2D eigenvalue weighted by molar-refractivity contribution is 0.386. The van der Waals surface area contributed by atoms with Gasteiger partial charge in [0, 0.05) is 17.5 Å². The van der Waals surface area contributed by atoms with E-state index in [0.717, 1.165) is 18.8 Å². The Labute approximate surface area is 112 Å². The van der Waals surface area contributed by atoms with Crippen LogP contribution in [0.5, 0.6) is 5.75 Å². The summed E-state index contributed by atoms with van der Waals surface area (Å²) in [5, 5.41) is 3.43. The van der Waals surface area contributed by atoms with Crippen molar-refractivity contribution in [1.82, 2.24) is 5.32 Å². The highest BCUT2D eigenvalue weighted by Crippen LogP contribution is 2.33. The van der Waals surface area contributed by atoms with E-state index in [1.807, 2.05) is 0 Å². The van der Waals surface area contributed by atoms with Crippen LogP contribution in [0, 0.1) is 0 Å². The van der Waals surface area contributed by atoms with Crippen molar-refractivity contribution < 1.29 is 4.74 Å². The van der Waals surface area contributed by atoms with Crippen molar-refractivity contribution >= 4 is 0 Å². The first-order chi connectivity index (χ1) is 8.42. The Bertz CT molecular complexity index is 383. The van der Waals surface area contributed by atoms with Crippen LogP contribution in [0.2, 0.25) is 0 Å². The summed E-state index contributed by atoms with van der Waals surface area (Å²) < 4.78 is 5.52. The molecule has 0 unspecified atom stereocenters. The second kappa shape index (κ2) is 6.24. The van der Waals surface area contributed by atoms with E-state index >= 15 is 0 Å². The van der Waals surface area contributed by atoms with Gasteiger partial charge in [-0.15, -0.1) is 0 Å². The number of hydrogen-bond acceptors (Lipinski definition) is 2. The molecule has 0 atom stereocenters. The third-order valence-corrected chi connectivity index (χ3v) is 3.44. The third-order valence-electron chi connectivity index (χ3n) is 3.44. The van der Waals surface area contributed by atoms with Gasteiger partial charge < -0.3 is 10.1 Å². The minimum absolute atomic E-state index is 0.0756. The Balaban J connectivity index is 3.14. The monoisotopic (exact) mass is 249 g/mol. The Morgan fingerprint density at radius 2 is 1.94 bits per heavy atom. The van der Waals surface area contributed by atoms with Crippen LogP contribution in [0.4, 0.5) is 0 Å². The second-order valence-corrected chi connectivity index (χ2v) is 5.78. The lowest BCUT2D eigenvalue weighted by Crippen LogP contribution is -2.33. The first kappa shape index (κ1) is 15.0. The topological polar surface area (TPSA) is 21.3 Å². The van der Waals surface area contributed by atoms with Crippen molar-refractivity contribution in [2.75, 3.05) is 20.2 Å². The van der Waals surface area contributed by atoms with Crippen LogP contribution in [0.3, 0.4) is 0 Å². The molecule has 0 spiro atoms. The highest BCUT2D eigenvalue weighted by atomic mass is 16.5. The van der Waals surface area contributed by atoms with Crippen LogP contribution in [-0.4, -0.2) is 20.2 Å². The SMILES string of the molecule is CCNCC(C)(C)c1cc(C(C)C)ccc1OC. The highest BCUT2D eigenvalue weighted by Gasteiger charge is 2.24. The van der Waals surface area contributed by atoms with Gasteiger partial charge in [0.2, 0.25) is 0 Å². The van der Waals surface area contributed by atoms with Gasteiger partial charge in [-0.1, -0.05) is 46.8 Å². The highest BCUT2D eigenvalue weighted by molar-refractivity contribution is 5.43. The Kier molecular flexibility index (Phi) is 5.21. The van der Waals surface area contributed by atoms with Gasteiger partial charge in [-0.2, -0.15) is 0 Å². The quantitative estimate of drug-likeness (QED) is 0.830. The fraction of sp³-hybridized carbons (Fsp3) is 0.625. The molecular weight excluding hydrogens is 222 g/mol. The normalized spacial score (nSPS) is 11.9. The summed E-state index contributed by atoms with van der Waals surface area (Å²) in [6.45, 7) is 13.1. The number of hydrogen-bond donors (Lipinski definition) is 1. The summed E-state index contributed by atoms with van der Waals surface area (Å²) in [6, 6.07) is 6.55. The summed E-state index contributed by atoms with van der Waals surface area (Å²) in [6.07, 6.45) is 0. The van der Waals surface area contributed by atoms with Gasteiger partial charge in [0.05, 0.1) is 7.11 Å². The van der Waals surface area contributed by atoms with Gasteiger partial charge in [0.1, 0.15) is 5.75 Å². The van der Waals surface area contributed by atoms with E-state index in [1.54, 1.807) is 7.11 Å². The molecule has 1 aromatic rings. The number of ether oxygens (including phenoxy) is 1. The molecule has 0 aliphatic rings. The molecule has 102 valence electrons. The first-order valence-electron chi connectivity index (χ1n) is 6.81. The van der Waals surface area contributed by atoms with Crippen LogP contribution >= 0.6 is 0 Å². The zero-order chi connectivity index (χ0) is 13.8. The van der Waals surface area contributed by atoms with Crippen molar-refractivity contribution in [1.29, 1.82) is 0 Å². The number of methoxy groups -OCH3 is 1. The number of likely N-dealkylation sites (N-methyl/N-ethyl adjacent to an activating group) is 1. The molecule has 0 aliphatic heterocycles. The Hall–Kier alpha value is -1.02. The summed E-state index contributed by atoms with van der Waals surface area (Å²) in [5.41, 5.74) is 2.74. The molecule has 0 fully saturated rings. The van der Waals surface area contributed by atoms with Gasteiger partial charge >= 0.3 is 0 Å². The Morgan fingerprint density at radius 1 is 1.28 bits per heavy atom. The molecule has 0 bridgehead atoms. The van der Waals surface area contributed by atoms with Gasteiger partial charge in [-0.25, -0.2) is 0 Å². The molecule has 18 heavy (non-hydrogen) atoms. The Morgan fingerprint density at radius 3 is 2.44 bits per heavy atom. The van der Waals surface area contributed by atoms with E-state index in [-0.39, 0.29) is 5.41 Å². The van der Waals surface area contributed by atoms with E-state index < -0.39 is 0 Å². The largest absolute Gasteiger partial charge is 0.496 e. The molecule has 0 saturated heterocycles. The van der Waals surface area contributed by atoms with Crippen LogP contribution < -0.4 is 10.1 Å². The van der Waals surface area contributed by atoms with E-state index in [2.05, 4.69) is 58.1 Å². The van der Waals surface area contributed by atoms with Crippen LogP contribution in [-0.2, 0) is 5.41 Å². The predicted octanol–water partition coefficient (Wildman–Crippen LogP) is 3.71. The predicted molar refractivity (Wildman–Crippen MR) is 78.7 cm³/mol. The fourth-order valence-corrected chi connectivity index (χ4v) is 2.15. The number of rotatable bonds is 6. The van der Waals surface area contributed by atoms with Crippen molar-refractivity contribution in [3.63, 3.8) is 0 Å². The molecule has 0 amide bonds. The van der Waals surface area contributed by atoms with Crippen molar-refractivity contribution in [3.05, 3.63) is 29.3 Å². The molecule has 1 rings (SSSR count). The summed E-state index contributed by atoms with van der Waals surface area (Å²) >= 11 is 0. The summed E-state index contributed by atoms with van der Waals surface area (Å²) in [4.78, 5) is 0. The van der Waals surface area contributed by atoms with Crippen molar-refractivity contribution in [3.8, 4) is 5.75 Å². The molecular formula is C16H27NO. The van der Waals surface area contributed by atoms with E-state index in [9.17, 15) is 0 Å². The minimum Gasteiger partial charge on any atom is -0.496 e. The molecule has 2 nitrogen and oxygen atoms in total. The molecule has 1 N–H and O–H groups in total.